The van der Waals surface area contributed by atoms with Crippen LogP contribution >= 0.6 is 31.9 Å². The maximum atomic E-state index is 5.44. The molecule has 4 nitrogen and oxygen atoms in total. The smallest absolute Gasteiger partial charge is 0.231 e. The number of rotatable bonds is 4. The summed E-state index contributed by atoms with van der Waals surface area (Å²) in [4.78, 5) is 0. The summed E-state index contributed by atoms with van der Waals surface area (Å²) in [5, 5.41) is 3.36. The Hall–Kier alpha value is -1.40. The van der Waals surface area contributed by atoms with Gasteiger partial charge in [0.2, 0.25) is 6.79 Å². The monoisotopic (exact) mass is 413 g/mol. The van der Waals surface area contributed by atoms with Gasteiger partial charge in [-0.1, -0.05) is 15.9 Å². The van der Waals surface area contributed by atoms with Gasteiger partial charge in [0.1, 0.15) is 5.75 Å². The van der Waals surface area contributed by atoms with Gasteiger partial charge in [-0.2, -0.15) is 0 Å². The minimum atomic E-state index is 0.283. The average molecular weight is 415 g/mol. The minimum absolute atomic E-state index is 0.283. The lowest BCUT2D eigenvalue weighted by Crippen LogP contribution is -2.02. The molecular weight excluding hydrogens is 402 g/mol. The van der Waals surface area contributed by atoms with E-state index in [0.29, 0.717) is 6.54 Å². The summed E-state index contributed by atoms with van der Waals surface area (Å²) < 4.78 is 18.0. The summed E-state index contributed by atoms with van der Waals surface area (Å²) in [6.45, 7) is 0.923. The lowest BCUT2D eigenvalue weighted by atomic mass is 10.2. The number of methoxy groups -OCH3 is 1. The topological polar surface area (TPSA) is 39.7 Å². The van der Waals surface area contributed by atoms with E-state index in [-0.39, 0.29) is 6.79 Å². The molecule has 0 aliphatic carbocycles. The summed E-state index contributed by atoms with van der Waals surface area (Å²) in [7, 11) is 1.66. The molecule has 0 radical (unpaired) electrons. The molecule has 3 rings (SSSR count). The molecule has 0 atom stereocenters. The summed E-state index contributed by atoms with van der Waals surface area (Å²) in [6, 6.07) is 9.79. The molecule has 1 heterocycles. The Morgan fingerprint density at radius 3 is 2.76 bits per heavy atom. The molecule has 0 spiro atoms. The predicted octanol–water partition coefficient (Wildman–Crippen LogP) is 4.56. The molecule has 0 saturated heterocycles. The highest BCUT2D eigenvalue weighted by atomic mass is 79.9. The zero-order valence-electron chi connectivity index (χ0n) is 11.3. The largest absolute Gasteiger partial charge is 0.495 e. The van der Waals surface area contributed by atoms with Crippen molar-refractivity contribution in [3.63, 3.8) is 0 Å². The van der Waals surface area contributed by atoms with Crippen LogP contribution in [0.15, 0.2) is 39.3 Å². The van der Waals surface area contributed by atoms with Crippen molar-refractivity contribution in [2.75, 3.05) is 19.2 Å². The van der Waals surface area contributed by atoms with Crippen molar-refractivity contribution in [1.29, 1.82) is 0 Å². The van der Waals surface area contributed by atoms with Crippen LogP contribution in [-0.4, -0.2) is 13.9 Å². The Balaban J connectivity index is 1.79. The molecule has 0 amide bonds. The zero-order chi connectivity index (χ0) is 14.8. The first-order valence-corrected chi connectivity index (χ1v) is 7.91. The van der Waals surface area contributed by atoms with E-state index in [1.807, 2.05) is 30.3 Å². The Labute approximate surface area is 139 Å². The number of anilines is 1. The van der Waals surface area contributed by atoms with Crippen LogP contribution in [0.2, 0.25) is 0 Å². The van der Waals surface area contributed by atoms with E-state index in [9.17, 15) is 0 Å². The van der Waals surface area contributed by atoms with E-state index in [1.165, 1.54) is 0 Å². The van der Waals surface area contributed by atoms with E-state index in [0.717, 1.165) is 37.4 Å². The van der Waals surface area contributed by atoms with Gasteiger partial charge in [0.15, 0.2) is 11.5 Å². The van der Waals surface area contributed by atoms with Crippen molar-refractivity contribution in [2.24, 2.45) is 0 Å². The van der Waals surface area contributed by atoms with Crippen LogP contribution in [0.3, 0.4) is 0 Å². The molecule has 0 bridgehead atoms. The molecule has 0 saturated carbocycles. The van der Waals surface area contributed by atoms with Crippen molar-refractivity contribution < 1.29 is 14.2 Å². The summed E-state index contributed by atoms with van der Waals surface area (Å²) in [6.07, 6.45) is 0. The highest BCUT2D eigenvalue weighted by Crippen LogP contribution is 2.36. The Morgan fingerprint density at radius 1 is 1.14 bits per heavy atom. The number of fused-ring (bicyclic) bond motifs is 1. The lowest BCUT2D eigenvalue weighted by molar-refractivity contribution is 0.174. The van der Waals surface area contributed by atoms with Crippen LogP contribution in [0, 0.1) is 0 Å². The van der Waals surface area contributed by atoms with Gasteiger partial charge >= 0.3 is 0 Å². The maximum Gasteiger partial charge on any atom is 0.231 e. The predicted molar refractivity (Wildman–Crippen MR) is 88.3 cm³/mol. The third-order valence-corrected chi connectivity index (χ3v) is 4.19. The van der Waals surface area contributed by atoms with Gasteiger partial charge in [-0.15, -0.1) is 0 Å². The van der Waals surface area contributed by atoms with Gasteiger partial charge in [-0.05, 0) is 40.2 Å². The number of benzene rings is 2. The Kier molecular flexibility index (Phi) is 4.26. The second kappa shape index (κ2) is 6.15. The lowest BCUT2D eigenvalue weighted by Gasteiger charge is -2.13. The molecule has 1 N–H and O–H groups in total. The fourth-order valence-electron chi connectivity index (χ4n) is 2.18. The quantitative estimate of drug-likeness (QED) is 0.795. The molecule has 6 heteroatoms. The zero-order valence-corrected chi connectivity index (χ0v) is 14.5. The van der Waals surface area contributed by atoms with Gasteiger partial charge in [0.05, 0.1) is 11.6 Å². The van der Waals surface area contributed by atoms with Crippen LogP contribution in [-0.2, 0) is 6.54 Å². The first-order valence-electron chi connectivity index (χ1n) is 6.33. The fraction of sp³-hybridized carbons (Fsp3) is 0.200. The van der Waals surface area contributed by atoms with E-state index >= 15 is 0 Å². The van der Waals surface area contributed by atoms with E-state index in [4.69, 9.17) is 14.2 Å². The fourth-order valence-corrected chi connectivity index (χ4v) is 3.65. The second-order valence-corrected chi connectivity index (χ2v) is 6.27. The van der Waals surface area contributed by atoms with E-state index in [2.05, 4.69) is 37.2 Å². The third kappa shape index (κ3) is 3.11. The van der Waals surface area contributed by atoms with Crippen molar-refractivity contribution >= 4 is 37.5 Å². The van der Waals surface area contributed by atoms with E-state index in [1.54, 1.807) is 7.11 Å². The van der Waals surface area contributed by atoms with E-state index < -0.39 is 0 Å². The molecule has 21 heavy (non-hydrogen) atoms. The number of hydrogen-bond acceptors (Lipinski definition) is 4. The minimum Gasteiger partial charge on any atom is -0.495 e. The number of ether oxygens (including phenoxy) is 3. The Bertz CT molecular complexity index is 676. The van der Waals surface area contributed by atoms with Gasteiger partial charge in [0, 0.05) is 28.3 Å². The van der Waals surface area contributed by atoms with Crippen molar-refractivity contribution in [3.8, 4) is 17.2 Å². The van der Waals surface area contributed by atoms with Crippen LogP contribution in [0.1, 0.15) is 5.56 Å². The van der Waals surface area contributed by atoms with Gasteiger partial charge in [-0.25, -0.2) is 0 Å². The highest BCUT2D eigenvalue weighted by Gasteiger charge is 2.14. The second-order valence-electron chi connectivity index (χ2n) is 4.50. The van der Waals surface area contributed by atoms with Crippen LogP contribution in [0.25, 0.3) is 0 Å². The Morgan fingerprint density at radius 2 is 1.95 bits per heavy atom. The van der Waals surface area contributed by atoms with Crippen LogP contribution in [0.5, 0.6) is 17.2 Å². The van der Waals surface area contributed by atoms with Gasteiger partial charge in [-0.3, -0.25) is 0 Å². The summed E-state index contributed by atoms with van der Waals surface area (Å²) >= 11 is 7.00. The van der Waals surface area contributed by atoms with Gasteiger partial charge in [0.25, 0.3) is 0 Å². The van der Waals surface area contributed by atoms with Gasteiger partial charge < -0.3 is 19.5 Å². The average Bonchev–Trinajstić information content (AvgIpc) is 2.92. The summed E-state index contributed by atoms with van der Waals surface area (Å²) in [5.74, 6) is 2.37. The standard InChI is InChI=1S/C15H13Br2NO3/c1-19-15-9(4-10(16)5-12(15)17)7-18-11-2-3-13-14(6-11)21-8-20-13/h2-6,18H,7-8H2,1H3. The maximum absolute atomic E-state index is 5.44. The van der Waals surface area contributed by atoms with Crippen molar-refractivity contribution in [1.82, 2.24) is 0 Å². The SMILES string of the molecule is COc1c(Br)cc(Br)cc1CNc1ccc2c(c1)OCO2. The molecule has 0 aromatic heterocycles. The molecule has 110 valence electrons. The van der Waals surface area contributed by atoms with Crippen molar-refractivity contribution in [3.05, 3.63) is 44.8 Å². The molecule has 1 aliphatic heterocycles. The molecule has 0 unspecified atom stereocenters. The van der Waals surface area contributed by atoms with Crippen molar-refractivity contribution in [2.45, 2.75) is 6.54 Å². The van der Waals surface area contributed by atoms with Crippen LogP contribution in [0.4, 0.5) is 5.69 Å². The first-order chi connectivity index (χ1) is 10.2. The highest BCUT2D eigenvalue weighted by molar-refractivity contribution is 9.11. The first kappa shape index (κ1) is 14.5. The molecule has 2 aromatic carbocycles. The summed E-state index contributed by atoms with van der Waals surface area (Å²) in [5.41, 5.74) is 2.02. The number of hydrogen-bond donors (Lipinski definition) is 1. The third-order valence-electron chi connectivity index (χ3n) is 3.14. The molecule has 0 fully saturated rings. The molecule has 2 aromatic rings. The molecular formula is C15H13Br2NO3. The normalized spacial score (nSPS) is 12.3. The van der Waals surface area contributed by atoms with Crippen LogP contribution < -0.4 is 19.5 Å². The molecule has 1 aliphatic rings. The number of nitrogens with one attached hydrogen (secondary N) is 1. The number of halogens is 2.